The first-order chi connectivity index (χ1) is 6.75. The van der Waals surface area contributed by atoms with Crippen LogP contribution in [0.15, 0.2) is 24.3 Å². The number of amides is 1. The molecule has 0 bridgehead atoms. The Bertz CT molecular complexity index is 322. The molecule has 0 aromatic rings. The number of carbonyl (C=O) groups is 1. The molecule has 15 heavy (non-hydrogen) atoms. The van der Waals surface area contributed by atoms with Gasteiger partial charge in [-0.2, -0.15) is 0 Å². The fourth-order valence-corrected chi connectivity index (χ4v) is 1.44. The van der Waals surface area contributed by atoms with E-state index in [4.69, 9.17) is 5.73 Å². The van der Waals surface area contributed by atoms with Crippen molar-refractivity contribution in [1.29, 1.82) is 0 Å². The highest BCUT2D eigenvalue weighted by Crippen LogP contribution is 2.34. The summed E-state index contributed by atoms with van der Waals surface area (Å²) in [6.07, 6.45) is 0.476. The second-order valence-electron chi connectivity index (χ2n) is 3.36. The Labute approximate surface area is 84.4 Å². The number of ether oxygens (including phenoxy) is 1. The Hall–Kier alpha value is -1.30. The lowest BCUT2D eigenvalue weighted by molar-refractivity contribution is -0.359. The van der Waals surface area contributed by atoms with E-state index < -0.39 is 23.8 Å². The largest absolute Gasteiger partial charge is 0.523 e. The molecule has 0 aromatic heterocycles. The van der Waals surface area contributed by atoms with Crippen LogP contribution in [0.25, 0.3) is 0 Å². The highest BCUT2D eigenvalue weighted by molar-refractivity contribution is 5.80. The summed E-state index contributed by atoms with van der Waals surface area (Å²) in [5.41, 5.74) is 3.23. The van der Waals surface area contributed by atoms with E-state index in [2.05, 4.69) is 4.74 Å². The first kappa shape index (κ1) is 11.8. The third-order valence-electron chi connectivity index (χ3n) is 2.10. The molecule has 2 N–H and O–H groups in total. The van der Waals surface area contributed by atoms with Crippen LogP contribution >= 0.6 is 0 Å². The predicted octanol–water partition coefficient (Wildman–Crippen LogP) is 1.51. The Morgan fingerprint density at radius 1 is 1.47 bits per heavy atom. The zero-order chi connectivity index (χ0) is 11.7. The number of alkyl halides is 3. The van der Waals surface area contributed by atoms with Gasteiger partial charge in [0, 0.05) is 0 Å². The molecule has 0 aliphatic heterocycles. The summed E-state index contributed by atoms with van der Waals surface area (Å²) in [6, 6.07) is 0. The first-order valence-corrected chi connectivity index (χ1v) is 4.17. The first-order valence-electron chi connectivity index (χ1n) is 4.17. The molecule has 0 saturated heterocycles. The smallest absolute Gasteiger partial charge is 0.369 e. The third-order valence-corrected chi connectivity index (χ3v) is 2.10. The number of halogens is 3. The molecule has 0 aromatic carbocycles. The average Bonchev–Trinajstić information content (AvgIpc) is 1.99. The van der Waals surface area contributed by atoms with Crippen LogP contribution < -0.4 is 5.73 Å². The molecule has 1 rings (SSSR count). The molecule has 6 heteroatoms. The van der Waals surface area contributed by atoms with Crippen molar-refractivity contribution in [1.82, 2.24) is 0 Å². The minimum Gasteiger partial charge on any atom is -0.369 e. The number of allylic oxidation sites excluding steroid dienone is 2. The zero-order valence-electron chi connectivity index (χ0n) is 7.91. The van der Waals surface area contributed by atoms with Crippen molar-refractivity contribution in [2.75, 3.05) is 0 Å². The highest BCUT2D eigenvalue weighted by atomic mass is 19.4. The van der Waals surface area contributed by atoms with Gasteiger partial charge in [-0.1, -0.05) is 24.3 Å². The van der Waals surface area contributed by atoms with Crippen LogP contribution in [0.2, 0.25) is 0 Å². The number of rotatable bonds is 2. The second kappa shape index (κ2) is 3.69. The molecular weight excluding hydrogens is 211 g/mol. The zero-order valence-corrected chi connectivity index (χ0v) is 7.91. The van der Waals surface area contributed by atoms with Crippen molar-refractivity contribution in [3.63, 3.8) is 0 Å². The molecule has 0 radical (unpaired) electrons. The van der Waals surface area contributed by atoms with Crippen LogP contribution in [-0.2, 0) is 9.53 Å². The van der Waals surface area contributed by atoms with Crippen LogP contribution in [0.3, 0.4) is 0 Å². The van der Waals surface area contributed by atoms with E-state index in [0.717, 1.165) is 13.0 Å². The van der Waals surface area contributed by atoms with E-state index in [1.165, 1.54) is 18.2 Å². The molecule has 1 aliphatic rings. The predicted molar refractivity (Wildman–Crippen MR) is 46.5 cm³/mol. The van der Waals surface area contributed by atoms with Crippen molar-refractivity contribution in [2.24, 2.45) is 11.7 Å². The maximum Gasteiger partial charge on any atom is 0.523 e. The van der Waals surface area contributed by atoms with Crippen LogP contribution in [-0.4, -0.2) is 17.9 Å². The lowest BCUT2D eigenvalue weighted by atomic mass is 9.85. The Kier molecular flexibility index (Phi) is 2.90. The summed E-state index contributed by atoms with van der Waals surface area (Å²) < 4.78 is 40.2. The number of hydrogen-bond acceptors (Lipinski definition) is 2. The molecule has 84 valence electrons. The van der Waals surface area contributed by atoms with E-state index in [0.29, 0.717) is 0 Å². The van der Waals surface area contributed by atoms with Gasteiger partial charge in [0.2, 0.25) is 5.91 Å². The summed E-state index contributed by atoms with van der Waals surface area (Å²) >= 11 is 0. The van der Waals surface area contributed by atoms with Crippen molar-refractivity contribution < 1.29 is 22.7 Å². The second-order valence-corrected chi connectivity index (χ2v) is 3.36. The fourth-order valence-electron chi connectivity index (χ4n) is 1.44. The van der Waals surface area contributed by atoms with E-state index in [1.54, 1.807) is 0 Å². The molecule has 3 nitrogen and oxygen atoms in total. The molecule has 0 saturated carbocycles. The molecular formula is C9H10F3NO2. The van der Waals surface area contributed by atoms with Gasteiger partial charge in [0.25, 0.3) is 0 Å². The molecule has 1 aliphatic carbocycles. The summed E-state index contributed by atoms with van der Waals surface area (Å²) in [7, 11) is 0. The summed E-state index contributed by atoms with van der Waals surface area (Å²) in [6.45, 7) is 1.16. The SMILES string of the molecule is CC1(OC(F)(F)F)C=CC=CC1C(N)=O. The van der Waals surface area contributed by atoms with Gasteiger partial charge in [0.15, 0.2) is 0 Å². The van der Waals surface area contributed by atoms with Crippen LogP contribution in [0.1, 0.15) is 6.92 Å². The number of nitrogens with two attached hydrogens (primary N) is 1. The van der Waals surface area contributed by atoms with Crippen molar-refractivity contribution in [2.45, 2.75) is 18.9 Å². The van der Waals surface area contributed by atoms with Crippen molar-refractivity contribution in [3.8, 4) is 0 Å². The normalized spacial score (nSPS) is 30.5. The summed E-state index contributed by atoms with van der Waals surface area (Å²) in [4.78, 5) is 10.9. The fraction of sp³-hybridized carbons (Fsp3) is 0.444. The van der Waals surface area contributed by atoms with E-state index in [-0.39, 0.29) is 0 Å². The Morgan fingerprint density at radius 2 is 2.07 bits per heavy atom. The molecule has 0 fully saturated rings. The van der Waals surface area contributed by atoms with Gasteiger partial charge in [-0.05, 0) is 6.92 Å². The van der Waals surface area contributed by atoms with Gasteiger partial charge < -0.3 is 5.73 Å². The number of carbonyl (C=O) groups excluding carboxylic acids is 1. The maximum absolute atomic E-state index is 12.1. The molecule has 0 spiro atoms. The third kappa shape index (κ3) is 2.82. The van der Waals surface area contributed by atoms with Gasteiger partial charge in [-0.25, -0.2) is 0 Å². The average molecular weight is 221 g/mol. The van der Waals surface area contributed by atoms with E-state index in [9.17, 15) is 18.0 Å². The van der Waals surface area contributed by atoms with Gasteiger partial charge in [0.1, 0.15) is 5.60 Å². The number of primary amides is 1. The molecule has 2 unspecified atom stereocenters. The molecule has 2 atom stereocenters. The van der Waals surface area contributed by atoms with Crippen LogP contribution in [0, 0.1) is 5.92 Å². The van der Waals surface area contributed by atoms with E-state index in [1.807, 2.05) is 0 Å². The Morgan fingerprint density at radius 3 is 2.53 bits per heavy atom. The highest BCUT2D eigenvalue weighted by Gasteiger charge is 2.45. The van der Waals surface area contributed by atoms with Crippen molar-refractivity contribution in [3.05, 3.63) is 24.3 Å². The summed E-state index contributed by atoms with van der Waals surface area (Å²) in [5, 5.41) is 0. The van der Waals surface area contributed by atoms with Crippen molar-refractivity contribution >= 4 is 5.91 Å². The van der Waals surface area contributed by atoms with Gasteiger partial charge >= 0.3 is 6.36 Å². The lowest BCUT2D eigenvalue weighted by Crippen LogP contribution is -2.46. The monoisotopic (exact) mass is 221 g/mol. The standard InChI is InChI=1S/C9H10F3NO2/c1-8(15-9(10,11)12)5-3-2-4-6(8)7(13)14/h2-6H,1H3,(H2,13,14). The molecule has 1 amide bonds. The molecule has 0 heterocycles. The van der Waals surface area contributed by atoms with Gasteiger partial charge in [0.05, 0.1) is 5.92 Å². The minimum absolute atomic E-state index is 0.859. The van der Waals surface area contributed by atoms with Crippen LogP contribution in [0.5, 0.6) is 0 Å². The summed E-state index contributed by atoms with van der Waals surface area (Å²) in [5.74, 6) is -1.98. The van der Waals surface area contributed by atoms with Gasteiger partial charge in [-0.3, -0.25) is 9.53 Å². The minimum atomic E-state index is -4.81. The van der Waals surface area contributed by atoms with E-state index >= 15 is 0 Å². The number of hydrogen-bond donors (Lipinski definition) is 1. The topological polar surface area (TPSA) is 52.3 Å². The quantitative estimate of drug-likeness (QED) is 0.768. The van der Waals surface area contributed by atoms with Gasteiger partial charge in [-0.15, -0.1) is 13.2 Å². The van der Waals surface area contributed by atoms with Crippen LogP contribution in [0.4, 0.5) is 13.2 Å². The maximum atomic E-state index is 12.1. The lowest BCUT2D eigenvalue weighted by Gasteiger charge is -2.33. The Balaban J connectivity index is 2.94.